The van der Waals surface area contributed by atoms with Gasteiger partial charge in [-0.15, -0.1) is 0 Å². The molecule has 0 bridgehead atoms. The van der Waals surface area contributed by atoms with E-state index in [1.54, 1.807) is 0 Å². The van der Waals surface area contributed by atoms with Gasteiger partial charge in [0.15, 0.2) is 0 Å². The fraction of sp³-hybridized carbons (Fsp3) is 1.00. The van der Waals surface area contributed by atoms with Gasteiger partial charge in [-0.3, -0.25) is 4.90 Å². The molecule has 0 saturated carbocycles. The van der Waals surface area contributed by atoms with Crippen LogP contribution in [0.1, 0.15) is 13.3 Å². The van der Waals surface area contributed by atoms with Gasteiger partial charge in [-0.1, -0.05) is 0 Å². The van der Waals surface area contributed by atoms with E-state index in [1.807, 2.05) is 0 Å². The number of nitrogens with zero attached hydrogens (tertiary/aromatic N) is 1. The maximum absolute atomic E-state index is 5.33. The molecule has 2 aliphatic rings. The number of ether oxygens (including phenoxy) is 1. The van der Waals surface area contributed by atoms with Crippen LogP contribution in [0.25, 0.3) is 0 Å². The molecule has 2 saturated heterocycles. The standard InChI is InChI=1S/C11H23N3O/c1-11(2-3-12-10-11)13-4-5-14-6-8-15-9-7-14/h12-13H,2-10H2,1H3. The van der Waals surface area contributed by atoms with Gasteiger partial charge in [0.2, 0.25) is 0 Å². The van der Waals surface area contributed by atoms with Gasteiger partial charge in [0, 0.05) is 38.3 Å². The summed E-state index contributed by atoms with van der Waals surface area (Å²) in [6, 6.07) is 0. The van der Waals surface area contributed by atoms with Gasteiger partial charge in [0.05, 0.1) is 13.2 Å². The van der Waals surface area contributed by atoms with Crippen LogP contribution in [0.2, 0.25) is 0 Å². The summed E-state index contributed by atoms with van der Waals surface area (Å²) in [7, 11) is 0. The second-order valence-corrected chi connectivity index (χ2v) is 4.87. The Hall–Kier alpha value is -0.160. The topological polar surface area (TPSA) is 36.5 Å². The molecule has 2 aliphatic heterocycles. The molecule has 0 radical (unpaired) electrons. The highest BCUT2D eigenvalue weighted by atomic mass is 16.5. The molecular formula is C11H23N3O. The summed E-state index contributed by atoms with van der Waals surface area (Å²) < 4.78 is 5.33. The largest absolute Gasteiger partial charge is 0.379 e. The second-order valence-electron chi connectivity index (χ2n) is 4.87. The van der Waals surface area contributed by atoms with Crippen molar-refractivity contribution in [3.8, 4) is 0 Å². The molecule has 2 N–H and O–H groups in total. The van der Waals surface area contributed by atoms with Crippen molar-refractivity contribution in [3.63, 3.8) is 0 Å². The van der Waals surface area contributed by atoms with Crippen molar-refractivity contribution in [2.75, 3.05) is 52.5 Å². The summed E-state index contributed by atoms with van der Waals surface area (Å²) in [5.41, 5.74) is 0.326. The summed E-state index contributed by atoms with van der Waals surface area (Å²) in [6.07, 6.45) is 1.25. The van der Waals surface area contributed by atoms with E-state index < -0.39 is 0 Å². The van der Waals surface area contributed by atoms with E-state index >= 15 is 0 Å². The first-order valence-electron chi connectivity index (χ1n) is 6.04. The van der Waals surface area contributed by atoms with Crippen molar-refractivity contribution in [2.45, 2.75) is 18.9 Å². The van der Waals surface area contributed by atoms with Gasteiger partial charge in [-0.05, 0) is 19.9 Å². The highest BCUT2D eigenvalue weighted by molar-refractivity contribution is 4.91. The molecule has 0 amide bonds. The average Bonchev–Trinajstić information content (AvgIpc) is 2.67. The summed E-state index contributed by atoms with van der Waals surface area (Å²) in [5, 5.41) is 7.07. The Bertz CT molecular complexity index is 186. The van der Waals surface area contributed by atoms with Crippen LogP contribution in [0.15, 0.2) is 0 Å². The van der Waals surface area contributed by atoms with Crippen molar-refractivity contribution in [3.05, 3.63) is 0 Å². The Morgan fingerprint density at radius 3 is 2.87 bits per heavy atom. The smallest absolute Gasteiger partial charge is 0.0594 e. The van der Waals surface area contributed by atoms with Crippen molar-refractivity contribution in [2.24, 2.45) is 0 Å². The number of hydrogen-bond donors (Lipinski definition) is 2. The van der Waals surface area contributed by atoms with Crippen LogP contribution in [-0.2, 0) is 4.74 Å². The minimum atomic E-state index is 0.326. The summed E-state index contributed by atoms with van der Waals surface area (Å²) in [5.74, 6) is 0. The van der Waals surface area contributed by atoms with Crippen LogP contribution >= 0.6 is 0 Å². The lowest BCUT2D eigenvalue weighted by atomic mass is 10.0. The van der Waals surface area contributed by atoms with Crippen LogP contribution in [0.3, 0.4) is 0 Å². The predicted octanol–water partition coefficient (Wildman–Crippen LogP) is -0.340. The lowest BCUT2D eigenvalue weighted by molar-refractivity contribution is 0.0376. The highest BCUT2D eigenvalue weighted by Crippen LogP contribution is 2.12. The van der Waals surface area contributed by atoms with Crippen LogP contribution in [-0.4, -0.2) is 62.9 Å². The minimum Gasteiger partial charge on any atom is -0.379 e. The van der Waals surface area contributed by atoms with E-state index in [-0.39, 0.29) is 0 Å². The summed E-state index contributed by atoms with van der Waals surface area (Å²) in [6.45, 7) is 10.8. The first-order valence-corrected chi connectivity index (χ1v) is 6.04. The van der Waals surface area contributed by atoms with E-state index in [9.17, 15) is 0 Å². The van der Waals surface area contributed by atoms with Crippen molar-refractivity contribution < 1.29 is 4.74 Å². The third-order valence-electron chi connectivity index (χ3n) is 3.45. The zero-order valence-corrected chi connectivity index (χ0v) is 9.72. The number of rotatable bonds is 4. The Labute approximate surface area is 92.4 Å². The molecule has 4 nitrogen and oxygen atoms in total. The zero-order valence-electron chi connectivity index (χ0n) is 9.72. The molecule has 2 rings (SSSR count). The monoisotopic (exact) mass is 213 g/mol. The Morgan fingerprint density at radius 2 is 2.20 bits per heavy atom. The average molecular weight is 213 g/mol. The molecule has 1 unspecified atom stereocenters. The highest BCUT2D eigenvalue weighted by Gasteiger charge is 2.27. The van der Waals surface area contributed by atoms with E-state index in [2.05, 4.69) is 22.5 Å². The molecule has 88 valence electrons. The molecule has 4 heteroatoms. The molecule has 2 heterocycles. The molecule has 0 spiro atoms. The maximum atomic E-state index is 5.33. The SMILES string of the molecule is CC1(NCCN2CCOCC2)CCNC1. The fourth-order valence-corrected chi connectivity index (χ4v) is 2.31. The van der Waals surface area contributed by atoms with Gasteiger partial charge < -0.3 is 15.4 Å². The van der Waals surface area contributed by atoms with E-state index in [0.717, 1.165) is 52.5 Å². The molecule has 1 atom stereocenters. The van der Waals surface area contributed by atoms with Crippen LogP contribution in [0, 0.1) is 0 Å². The van der Waals surface area contributed by atoms with Gasteiger partial charge in [0.1, 0.15) is 0 Å². The quantitative estimate of drug-likeness (QED) is 0.670. The first-order chi connectivity index (χ1) is 7.29. The predicted molar refractivity (Wildman–Crippen MR) is 61.2 cm³/mol. The summed E-state index contributed by atoms with van der Waals surface area (Å²) in [4.78, 5) is 2.47. The number of morpholine rings is 1. The number of hydrogen-bond acceptors (Lipinski definition) is 4. The lowest BCUT2D eigenvalue weighted by Gasteiger charge is -2.29. The van der Waals surface area contributed by atoms with E-state index in [4.69, 9.17) is 4.74 Å². The molecule has 0 aromatic carbocycles. The zero-order chi connectivity index (χ0) is 10.6. The van der Waals surface area contributed by atoms with Crippen molar-refractivity contribution in [1.29, 1.82) is 0 Å². The molecule has 0 aliphatic carbocycles. The van der Waals surface area contributed by atoms with Crippen molar-refractivity contribution in [1.82, 2.24) is 15.5 Å². The minimum absolute atomic E-state index is 0.326. The summed E-state index contributed by atoms with van der Waals surface area (Å²) >= 11 is 0. The van der Waals surface area contributed by atoms with Gasteiger partial charge >= 0.3 is 0 Å². The Morgan fingerprint density at radius 1 is 1.40 bits per heavy atom. The molecular weight excluding hydrogens is 190 g/mol. The van der Waals surface area contributed by atoms with Gasteiger partial charge in [-0.25, -0.2) is 0 Å². The molecule has 0 aromatic rings. The fourth-order valence-electron chi connectivity index (χ4n) is 2.31. The number of nitrogens with one attached hydrogen (secondary N) is 2. The molecule has 15 heavy (non-hydrogen) atoms. The normalized spacial score (nSPS) is 33.4. The second kappa shape index (κ2) is 5.25. The van der Waals surface area contributed by atoms with Crippen LogP contribution in [0.5, 0.6) is 0 Å². The van der Waals surface area contributed by atoms with Gasteiger partial charge in [-0.2, -0.15) is 0 Å². The third-order valence-corrected chi connectivity index (χ3v) is 3.45. The first kappa shape index (κ1) is 11.3. The Balaban J connectivity index is 1.61. The van der Waals surface area contributed by atoms with E-state index in [1.165, 1.54) is 6.42 Å². The lowest BCUT2D eigenvalue weighted by Crippen LogP contribution is -2.48. The maximum Gasteiger partial charge on any atom is 0.0594 e. The Kier molecular flexibility index (Phi) is 3.97. The molecule has 0 aromatic heterocycles. The van der Waals surface area contributed by atoms with Crippen molar-refractivity contribution >= 4 is 0 Å². The van der Waals surface area contributed by atoms with Crippen LogP contribution in [0.4, 0.5) is 0 Å². The molecule has 2 fully saturated rings. The van der Waals surface area contributed by atoms with Gasteiger partial charge in [0.25, 0.3) is 0 Å². The van der Waals surface area contributed by atoms with E-state index in [0.29, 0.717) is 5.54 Å². The third kappa shape index (κ3) is 3.41. The van der Waals surface area contributed by atoms with Crippen LogP contribution < -0.4 is 10.6 Å².